The second-order valence-electron chi connectivity index (χ2n) is 6.70. The van der Waals surface area contributed by atoms with E-state index in [-0.39, 0.29) is 11.8 Å². The molecule has 0 radical (unpaired) electrons. The van der Waals surface area contributed by atoms with Gasteiger partial charge in [-0.25, -0.2) is 0 Å². The summed E-state index contributed by atoms with van der Waals surface area (Å²) in [4.78, 5) is 27.0. The maximum absolute atomic E-state index is 13.4. The number of hydrogen-bond acceptors (Lipinski definition) is 3. The number of nitriles is 1. The van der Waals surface area contributed by atoms with Crippen LogP contribution in [0.15, 0.2) is 54.7 Å². The molecule has 0 bridgehead atoms. The van der Waals surface area contributed by atoms with Crippen molar-refractivity contribution in [2.45, 2.75) is 19.9 Å². The summed E-state index contributed by atoms with van der Waals surface area (Å²) in [5, 5.41) is 10.4. The van der Waals surface area contributed by atoms with Crippen LogP contribution in [-0.2, 0) is 0 Å². The molecule has 1 atom stereocenters. The number of carbonyl (C=O) groups is 2. The number of benzene rings is 2. The molecule has 4 rings (SSSR count). The van der Waals surface area contributed by atoms with Crippen LogP contribution in [-0.4, -0.2) is 16.4 Å². The van der Waals surface area contributed by atoms with Gasteiger partial charge in [-0.1, -0.05) is 29.8 Å². The third-order valence-corrected chi connectivity index (χ3v) is 5.19. The molecule has 0 spiro atoms. The Labute approximate surface area is 167 Å². The lowest BCUT2D eigenvalue weighted by atomic mass is 9.91. The molecule has 0 aliphatic carbocycles. The van der Waals surface area contributed by atoms with E-state index in [9.17, 15) is 14.9 Å². The van der Waals surface area contributed by atoms with Crippen molar-refractivity contribution < 1.29 is 9.59 Å². The molecule has 1 aliphatic heterocycles. The van der Waals surface area contributed by atoms with Gasteiger partial charge in [0.05, 0.1) is 17.5 Å². The number of nitrogens with zero attached hydrogens (tertiary/aromatic N) is 3. The van der Waals surface area contributed by atoms with Gasteiger partial charge in [0.2, 0.25) is 5.91 Å². The van der Waals surface area contributed by atoms with Crippen molar-refractivity contribution in [3.05, 3.63) is 76.4 Å². The summed E-state index contributed by atoms with van der Waals surface area (Å²) in [5.41, 5.74) is 3.76. The molecule has 0 saturated heterocycles. The van der Waals surface area contributed by atoms with E-state index < -0.39 is 6.04 Å². The first-order chi connectivity index (χ1) is 13.4. The van der Waals surface area contributed by atoms with Gasteiger partial charge < -0.3 is 0 Å². The molecule has 5 nitrogen and oxygen atoms in total. The zero-order chi connectivity index (χ0) is 20.0. The van der Waals surface area contributed by atoms with Gasteiger partial charge in [0.25, 0.3) is 5.91 Å². The normalized spacial score (nSPS) is 14.8. The molecule has 3 aromatic rings. The predicted octanol–water partition coefficient (Wildman–Crippen LogP) is 5.00. The highest BCUT2D eigenvalue weighted by molar-refractivity contribution is 6.31. The van der Waals surface area contributed by atoms with Crippen LogP contribution in [0.25, 0.3) is 11.3 Å². The molecule has 2 heterocycles. The standard InChI is InChI=1S/C22H16ClN3O2/c1-13-12-25(14(2)27)21-17-9-8-16(23)10-18(17)26(19(11-24)20(13)21)22(28)15-6-4-3-5-7-15/h3-10,12,19H,1-2H3. The van der Waals surface area contributed by atoms with E-state index in [2.05, 4.69) is 6.07 Å². The van der Waals surface area contributed by atoms with E-state index in [1.165, 1.54) is 16.4 Å². The molecule has 0 N–H and O–H groups in total. The highest BCUT2D eigenvalue weighted by Gasteiger charge is 2.39. The zero-order valence-electron chi connectivity index (χ0n) is 15.3. The lowest BCUT2D eigenvalue weighted by Crippen LogP contribution is -2.37. The summed E-state index contributed by atoms with van der Waals surface area (Å²) in [6.45, 7) is 3.31. The van der Waals surface area contributed by atoms with E-state index in [0.29, 0.717) is 33.1 Å². The molecule has 6 heteroatoms. The lowest BCUT2D eigenvalue weighted by Gasteiger charge is -2.34. The zero-order valence-corrected chi connectivity index (χ0v) is 16.1. The van der Waals surface area contributed by atoms with Crippen LogP contribution in [0.1, 0.15) is 39.2 Å². The average Bonchev–Trinajstić information content (AvgIpc) is 3.04. The molecule has 1 aliphatic rings. The van der Waals surface area contributed by atoms with Crippen LogP contribution in [0.5, 0.6) is 0 Å². The van der Waals surface area contributed by atoms with E-state index >= 15 is 0 Å². The van der Waals surface area contributed by atoms with Gasteiger partial charge >= 0.3 is 0 Å². The SMILES string of the molecule is CC(=O)n1cc(C)c2c1-c1ccc(Cl)cc1N(C(=O)c1ccccc1)C2C#N. The first-order valence-electron chi connectivity index (χ1n) is 8.75. The highest BCUT2D eigenvalue weighted by Crippen LogP contribution is 2.48. The summed E-state index contributed by atoms with van der Waals surface area (Å²) < 4.78 is 1.53. The molecular weight excluding hydrogens is 374 g/mol. The number of aryl methyl sites for hydroxylation is 1. The van der Waals surface area contributed by atoms with Crippen LogP contribution in [0, 0.1) is 18.3 Å². The van der Waals surface area contributed by atoms with Crippen molar-refractivity contribution in [1.29, 1.82) is 5.26 Å². The van der Waals surface area contributed by atoms with E-state index in [1.54, 1.807) is 48.7 Å². The van der Waals surface area contributed by atoms with E-state index in [1.807, 2.05) is 13.0 Å². The summed E-state index contributed by atoms with van der Waals surface area (Å²) in [7, 11) is 0. The monoisotopic (exact) mass is 389 g/mol. The number of rotatable bonds is 1. The van der Waals surface area contributed by atoms with Crippen LogP contribution in [0.3, 0.4) is 0 Å². The molecule has 1 unspecified atom stereocenters. The number of fused-ring (bicyclic) bond motifs is 3. The smallest absolute Gasteiger partial charge is 0.259 e. The minimum Gasteiger partial charge on any atom is -0.287 e. The van der Waals surface area contributed by atoms with Crippen molar-refractivity contribution in [2.24, 2.45) is 0 Å². The minimum absolute atomic E-state index is 0.162. The van der Waals surface area contributed by atoms with Crippen molar-refractivity contribution in [2.75, 3.05) is 4.90 Å². The molecule has 28 heavy (non-hydrogen) atoms. The number of hydrogen-bond donors (Lipinski definition) is 0. The van der Waals surface area contributed by atoms with Gasteiger partial charge in [-0.05, 0) is 42.8 Å². The lowest BCUT2D eigenvalue weighted by molar-refractivity contribution is 0.0938. The van der Waals surface area contributed by atoms with Gasteiger partial charge in [-0.2, -0.15) is 5.26 Å². The maximum Gasteiger partial charge on any atom is 0.259 e. The Morgan fingerprint density at radius 1 is 1.14 bits per heavy atom. The number of halogens is 1. The highest BCUT2D eigenvalue weighted by atomic mass is 35.5. The second-order valence-corrected chi connectivity index (χ2v) is 7.13. The van der Waals surface area contributed by atoms with Gasteiger partial charge in [-0.15, -0.1) is 0 Å². The fourth-order valence-electron chi connectivity index (χ4n) is 3.75. The largest absolute Gasteiger partial charge is 0.287 e. The third kappa shape index (κ3) is 2.62. The Morgan fingerprint density at radius 2 is 1.86 bits per heavy atom. The van der Waals surface area contributed by atoms with Crippen LogP contribution >= 0.6 is 11.6 Å². The fraction of sp³-hybridized carbons (Fsp3) is 0.136. The van der Waals surface area contributed by atoms with Gasteiger partial charge in [0, 0.05) is 34.8 Å². The first-order valence-corrected chi connectivity index (χ1v) is 9.12. The fourth-order valence-corrected chi connectivity index (χ4v) is 3.92. The topological polar surface area (TPSA) is 66.1 Å². The Kier molecular flexibility index (Phi) is 4.29. The quantitative estimate of drug-likeness (QED) is 0.588. The van der Waals surface area contributed by atoms with Gasteiger partial charge in [0.15, 0.2) is 6.04 Å². The third-order valence-electron chi connectivity index (χ3n) is 4.95. The van der Waals surface area contributed by atoms with Crippen LogP contribution < -0.4 is 4.90 Å². The minimum atomic E-state index is -0.866. The molecule has 0 saturated carbocycles. The average molecular weight is 390 g/mol. The number of amides is 1. The van der Waals surface area contributed by atoms with Gasteiger partial charge in [0.1, 0.15) is 0 Å². The first kappa shape index (κ1) is 18.0. The van der Waals surface area contributed by atoms with E-state index in [4.69, 9.17) is 11.6 Å². The summed E-state index contributed by atoms with van der Waals surface area (Å²) in [5.74, 6) is -0.457. The summed E-state index contributed by atoms with van der Waals surface area (Å²) >= 11 is 6.22. The van der Waals surface area contributed by atoms with Crippen molar-refractivity contribution in [3.63, 3.8) is 0 Å². The Bertz CT molecular complexity index is 1160. The van der Waals surface area contributed by atoms with E-state index in [0.717, 1.165) is 5.56 Å². The second kappa shape index (κ2) is 6.66. The van der Waals surface area contributed by atoms with Crippen molar-refractivity contribution in [1.82, 2.24) is 4.57 Å². The summed E-state index contributed by atoms with van der Waals surface area (Å²) in [6, 6.07) is 15.4. The molecular formula is C22H16ClN3O2. The van der Waals surface area contributed by atoms with Gasteiger partial charge in [-0.3, -0.25) is 19.1 Å². The Hall–Kier alpha value is -3.36. The molecule has 1 aromatic heterocycles. The van der Waals surface area contributed by atoms with Crippen molar-refractivity contribution >= 4 is 29.1 Å². The number of carbonyl (C=O) groups excluding carboxylic acids is 2. The van der Waals surface area contributed by atoms with Crippen molar-refractivity contribution in [3.8, 4) is 17.3 Å². The Morgan fingerprint density at radius 3 is 2.50 bits per heavy atom. The number of anilines is 1. The molecule has 1 amide bonds. The maximum atomic E-state index is 13.4. The van der Waals surface area contributed by atoms with Crippen LogP contribution in [0.4, 0.5) is 5.69 Å². The number of aromatic nitrogens is 1. The molecule has 138 valence electrons. The predicted molar refractivity (Wildman–Crippen MR) is 108 cm³/mol. The molecule has 0 fully saturated rings. The molecule has 2 aromatic carbocycles. The summed E-state index contributed by atoms with van der Waals surface area (Å²) in [6.07, 6.45) is 1.71. The van der Waals surface area contributed by atoms with Crippen LogP contribution in [0.2, 0.25) is 5.02 Å². The Balaban J connectivity index is 2.03.